The number of nitrogens with zero attached hydrogens (tertiary/aromatic N) is 4. The van der Waals surface area contributed by atoms with Crippen LogP contribution in [0.5, 0.6) is 23.0 Å². The Morgan fingerprint density at radius 2 is 1.75 bits per heavy atom. The number of anilines is 2. The number of nitrogens with one attached hydrogen (secondary N) is 1. The van der Waals surface area contributed by atoms with E-state index in [1.807, 2.05) is 0 Å². The topological polar surface area (TPSA) is 149 Å². The number of hydrogen-bond donors (Lipinski definition) is 2. The van der Waals surface area contributed by atoms with Crippen LogP contribution in [0.25, 0.3) is 11.5 Å². The zero-order valence-corrected chi connectivity index (χ0v) is 20.5. The molecule has 0 aliphatic heterocycles. The summed E-state index contributed by atoms with van der Waals surface area (Å²) < 4.78 is 28.4. The van der Waals surface area contributed by atoms with Crippen molar-refractivity contribution in [1.29, 1.82) is 0 Å². The van der Waals surface area contributed by atoms with Gasteiger partial charge in [-0.1, -0.05) is 5.21 Å². The van der Waals surface area contributed by atoms with Crippen molar-refractivity contribution in [3.63, 3.8) is 0 Å². The molecule has 0 bridgehead atoms. The molecule has 0 radical (unpaired) electrons. The fourth-order valence-corrected chi connectivity index (χ4v) is 3.51. The Morgan fingerprint density at radius 3 is 2.44 bits per heavy atom. The van der Waals surface area contributed by atoms with E-state index in [0.717, 1.165) is 0 Å². The third-order valence-corrected chi connectivity index (χ3v) is 5.46. The third kappa shape index (κ3) is 4.73. The number of carbonyl (C=O) groups excluding carboxylic acids is 1. The average molecular weight is 495 g/mol. The number of methoxy groups -OCH3 is 4. The predicted octanol–water partition coefficient (Wildman–Crippen LogP) is 3.16. The van der Waals surface area contributed by atoms with Crippen molar-refractivity contribution >= 4 is 17.4 Å². The van der Waals surface area contributed by atoms with Crippen molar-refractivity contribution in [2.75, 3.05) is 39.5 Å². The maximum absolute atomic E-state index is 12.8. The summed E-state index contributed by atoms with van der Waals surface area (Å²) in [7, 11) is 6.17. The van der Waals surface area contributed by atoms with Crippen LogP contribution in [-0.2, 0) is 6.54 Å². The highest BCUT2D eigenvalue weighted by Gasteiger charge is 2.21. The predicted molar refractivity (Wildman–Crippen MR) is 131 cm³/mol. The van der Waals surface area contributed by atoms with Crippen molar-refractivity contribution in [3.8, 4) is 34.5 Å². The summed E-state index contributed by atoms with van der Waals surface area (Å²) >= 11 is 0. The van der Waals surface area contributed by atoms with Crippen LogP contribution in [0, 0.1) is 6.92 Å². The van der Waals surface area contributed by atoms with Gasteiger partial charge in [0.15, 0.2) is 23.0 Å². The van der Waals surface area contributed by atoms with Gasteiger partial charge in [-0.3, -0.25) is 4.79 Å². The second-order valence-corrected chi connectivity index (χ2v) is 7.59. The Kier molecular flexibility index (Phi) is 6.95. The lowest BCUT2D eigenvalue weighted by molar-refractivity contribution is 0.102. The molecule has 188 valence electrons. The van der Waals surface area contributed by atoms with Crippen LogP contribution in [0.3, 0.4) is 0 Å². The normalized spacial score (nSPS) is 10.7. The molecule has 0 aliphatic rings. The van der Waals surface area contributed by atoms with Gasteiger partial charge >= 0.3 is 0 Å². The summed E-state index contributed by atoms with van der Waals surface area (Å²) in [5, 5.41) is 10.7. The molecule has 0 fully saturated rings. The van der Waals surface area contributed by atoms with Gasteiger partial charge in [-0.15, -0.1) is 5.10 Å². The second kappa shape index (κ2) is 10.3. The van der Waals surface area contributed by atoms with Gasteiger partial charge in [-0.05, 0) is 31.2 Å². The van der Waals surface area contributed by atoms with Gasteiger partial charge in [-0.2, -0.15) is 0 Å². The summed E-state index contributed by atoms with van der Waals surface area (Å²) in [6.07, 6.45) is 0. The molecule has 12 heteroatoms. The summed E-state index contributed by atoms with van der Waals surface area (Å²) in [6.45, 7) is 1.93. The minimum Gasteiger partial charge on any atom is -0.497 e. The number of nitrogens with two attached hydrogens (primary N) is 1. The molecule has 3 N–H and O–H groups in total. The second-order valence-electron chi connectivity index (χ2n) is 7.59. The minimum atomic E-state index is -0.522. The fourth-order valence-electron chi connectivity index (χ4n) is 3.51. The van der Waals surface area contributed by atoms with E-state index in [2.05, 4.69) is 20.6 Å². The van der Waals surface area contributed by atoms with E-state index < -0.39 is 5.91 Å². The summed E-state index contributed by atoms with van der Waals surface area (Å²) in [6, 6.07) is 10.3. The van der Waals surface area contributed by atoms with E-state index in [9.17, 15) is 4.79 Å². The molecule has 36 heavy (non-hydrogen) atoms. The molecule has 12 nitrogen and oxygen atoms in total. The zero-order valence-electron chi connectivity index (χ0n) is 20.5. The minimum absolute atomic E-state index is 0.0250. The van der Waals surface area contributed by atoms with Crippen LogP contribution in [-0.4, -0.2) is 54.3 Å². The number of hydrogen-bond acceptors (Lipinski definition) is 10. The van der Waals surface area contributed by atoms with Crippen LogP contribution in [0.4, 0.5) is 11.5 Å². The first-order valence-electron chi connectivity index (χ1n) is 10.8. The highest BCUT2D eigenvalue weighted by molar-refractivity contribution is 6.05. The number of aryl methyl sites for hydroxylation is 1. The summed E-state index contributed by atoms with van der Waals surface area (Å²) in [5.74, 6) is 2.70. The number of aromatic nitrogens is 4. The van der Waals surface area contributed by atoms with E-state index in [4.69, 9.17) is 29.1 Å². The number of nitrogen functional groups attached to an aromatic ring is 1. The molecule has 4 aromatic rings. The molecule has 1 amide bonds. The highest BCUT2D eigenvalue weighted by Crippen LogP contribution is 2.34. The van der Waals surface area contributed by atoms with E-state index >= 15 is 0 Å². The smallest absolute Gasteiger partial charge is 0.280 e. The van der Waals surface area contributed by atoms with Gasteiger partial charge in [0.05, 0.1) is 40.5 Å². The Labute approximate surface area is 206 Å². The number of ether oxygens (including phenoxy) is 4. The van der Waals surface area contributed by atoms with Crippen molar-refractivity contribution < 1.29 is 28.2 Å². The van der Waals surface area contributed by atoms with E-state index in [-0.39, 0.29) is 18.1 Å². The molecule has 0 spiro atoms. The van der Waals surface area contributed by atoms with Crippen LogP contribution in [0.1, 0.15) is 21.9 Å². The van der Waals surface area contributed by atoms with Gasteiger partial charge in [0.2, 0.25) is 5.89 Å². The quantitative estimate of drug-likeness (QED) is 0.355. The SMILES string of the molecule is COc1ccc(-c2nc(Cn3nnc(C(=O)Nc4ccc(OC)c(OC)c4)c3N)c(C)o2)c(OC)c1. The number of rotatable bonds is 9. The van der Waals surface area contributed by atoms with Crippen molar-refractivity contribution in [1.82, 2.24) is 20.0 Å². The number of benzene rings is 2. The molecular formula is C24H26N6O6. The van der Waals surface area contributed by atoms with Crippen LogP contribution in [0.2, 0.25) is 0 Å². The van der Waals surface area contributed by atoms with Crippen LogP contribution < -0.4 is 30.0 Å². The van der Waals surface area contributed by atoms with Crippen molar-refractivity contribution in [2.45, 2.75) is 13.5 Å². The molecule has 2 aromatic carbocycles. The van der Waals surface area contributed by atoms with Gasteiger partial charge < -0.3 is 34.4 Å². The van der Waals surface area contributed by atoms with Gasteiger partial charge in [0, 0.05) is 17.8 Å². The van der Waals surface area contributed by atoms with E-state index in [0.29, 0.717) is 51.6 Å². The molecule has 0 saturated heterocycles. The zero-order chi connectivity index (χ0) is 25.8. The maximum atomic E-state index is 12.8. The van der Waals surface area contributed by atoms with E-state index in [1.165, 1.54) is 18.9 Å². The molecule has 2 heterocycles. The number of amides is 1. The Balaban J connectivity index is 1.54. The molecule has 0 atom stereocenters. The first-order valence-corrected chi connectivity index (χ1v) is 10.8. The molecule has 0 unspecified atom stereocenters. The Hall–Kier alpha value is -4.74. The lowest BCUT2D eigenvalue weighted by atomic mass is 10.2. The molecule has 2 aromatic heterocycles. The molecule has 0 saturated carbocycles. The first kappa shape index (κ1) is 24.4. The summed E-state index contributed by atoms with van der Waals surface area (Å²) in [5.41, 5.74) is 7.89. The molecule has 4 rings (SSSR count). The highest BCUT2D eigenvalue weighted by atomic mass is 16.5. The largest absolute Gasteiger partial charge is 0.497 e. The van der Waals surface area contributed by atoms with E-state index in [1.54, 1.807) is 57.5 Å². The standard InChI is InChI=1S/C24H26N6O6/c1-13-17(27-24(36-13)16-8-7-15(32-2)11-19(16)34-4)12-30-22(25)21(28-29-30)23(31)26-14-6-9-18(33-3)20(10-14)35-5/h6-11H,12,25H2,1-5H3,(H,26,31). The molecule has 0 aliphatic carbocycles. The van der Waals surface area contributed by atoms with Gasteiger partial charge in [0.25, 0.3) is 5.91 Å². The monoisotopic (exact) mass is 494 g/mol. The first-order chi connectivity index (χ1) is 17.4. The Bertz CT molecular complexity index is 1400. The Morgan fingerprint density at radius 1 is 1.00 bits per heavy atom. The van der Waals surface area contributed by atoms with Gasteiger partial charge in [0.1, 0.15) is 23.0 Å². The van der Waals surface area contributed by atoms with Crippen LogP contribution in [0.15, 0.2) is 40.8 Å². The third-order valence-electron chi connectivity index (χ3n) is 5.46. The van der Waals surface area contributed by atoms with Crippen molar-refractivity contribution in [3.05, 3.63) is 53.5 Å². The lowest BCUT2D eigenvalue weighted by Crippen LogP contribution is -2.15. The van der Waals surface area contributed by atoms with Crippen LogP contribution >= 0.6 is 0 Å². The summed E-state index contributed by atoms with van der Waals surface area (Å²) in [4.78, 5) is 17.4. The molecular weight excluding hydrogens is 468 g/mol. The lowest BCUT2D eigenvalue weighted by Gasteiger charge is -2.10. The average Bonchev–Trinajstić information content (AvgIpc) is 3.45. The number of carbonyl (C=O) groups is 1. The van der Waals surface area contributed by atoms with Gasteiger partial charge in [-0.25, -0.2) is 9.67 Å². The fraction of sp³-hybridized carbons (Fsp3) is 0.250. The maximum Gasteiger partial charge on any atom is 0.280 e. The number of oxazole rings is 1. The van der Waals surface area contributed by atoms with Crippen molar-refractivity contribution in [2.24, 2.45) is 0 Å².